The number of carbonyl (C=O) groups excluding carboxylic acids is 1. The number of carboxylic acid groups (broad SMARTS) is 1. The molecule has 3 aromatic rings. The highest BCUT2D eigenvalue weighted by atomic mass is 32.2. The molecule has 0 unspecified atom stereocenters. The molecule has 134 valence electrons. The summed E-state index contributed by atoms with van der Waals surface area (Å²) in [7, 11) is 0. The van der Waals surface area contributed by atoms with Crippen LogP contribution in [-0.4, -0.2) is 27.2 Å². The predicted octanol–water partition coefficient (Wildman–Crippen LogP) is 3.65. The number of thioether (sulfide) groups is 1. The number of aromatic nitrogens is 2. The molecule has 0 spiro atoms. The Kier molecular flexibility index (Phi) is 5.80. The van der Waals surface area contributed by atoms with E-state index in [0.29, 0.717) is 10.1 Å². The predicted molar refractivity (Wildman–Crippen MR) is 102 cm³/mol. The van der Waals surface area contributed by atoms with E-state index in [0.717, 1.165) is 16.9 Å². The summed E-state index contributed by atoms with van der Waals surface area (Å²) in [5, 5.41) is 28.6. The minimum absolute atomic E-state index is 0.0974. The molecule has 0 fully saturated rings. The van der Waals surface area contributed by atoms with E-state index in [1.807, 2.05) is 36.4 Å². The first-order valence-corrected chi connectivity index (χ1v) is 9.46. The van der Waals surface area contributed by atoms with Gasteiger partial charge in [0, 0.05) is 5.75 Å². The van der Waals surface area contributed by atoms with Crippen molar-refractivity contribution in [1.82, 2.24) is 10.2 Å². The molecule has 0 bridgehead atoms. The number of rotatable bonds is 6. The maximum atomic E-state index is 12.4. The van der Waals surface area contributed by atoms with Crippen LogP contribution in [0.5, 0.6) is 0 Å². The van der Waals surface area contributed by atoms with E-state index in [-0.39, 0.29) is 21.8 Å². The van der Waals surface area contributed by atoms with Crippen molar-refractivity contribution in [2.24, 2.45) is 0 Å². The second kappa shape index (κ2) is 8.44. The summed E-state index contributed by atoms with van der Waals surface area (Å²) in [6.45, 7) is 0. The third-order valence-electron chi connectivity index (χ3n) is 3.43. The third-order valence-corrected chi connectivity index (χ3v) is 5.56. The Morgan fingerprint density at radius 2 is 1.96 bits per heavy atom. The van der Waals surface area contributed by atoms with Crippen molar-refractivity contribution in [2.75, 3.05) is 5.32 Å². The molecule has 0 aliphatic rings. The molecule has 9 heteroatoms. The van der Waals surface area contributed by atoms with Crippen molar-refractivity contribution < 1.29 is 14.7 Å². The molecule has 1 aromatic heterocycles. The van der Waals surface area contributed by atoms with Crippen molar-refractivity contribution in [3.05, 3.63) is 70.2 Å². The number of hydrogen-bond donors (Lipinski definition) is 2. The molecule has 1 amide bonds. The van der Waals surface area contributed by atoms with Crippen LogP contribution in [0.3, 0.4) is 0 Å². The van der Waals surface area contributed by atoms with E-state index in [9.17, 15) is 14.7 Å². The van der Waals surface area contributed by atoms with Crippen molar-refractivity contribution in [3.8, 4) is 6.07 Å². The molecule has 0 aliphatic heterocycles. The fourth-order valence-electron chi connectivity index (χ4n) is 2.15. The molecule has 7 nitrogen and oxygen atoms in total. The van der Waals surface area contributed by atoms with Gasteiger partial charge in [-0.1, -0.05) is 53.4 Å². The van der Waals surface area contributed by atoms with Gasteiger partial charge in [0.15, 0.2) is 4.34 Å². The van der Waals surface area contributed by atoms with Crippen LogP contribution < -0.4 is 5.32 Å². The molecule has 3 rings (SSSR count). The highest BCUT2D eigenvalue weighted by Gasteiger charge is 2.18. The smallest absolute Gasteiger partial charge is 0.337 e. The van der Waals surface area contributed by atoms with E-state index < -0.39 is 11.9 Å². The Balaban J connectivity index is 1.70. The number of nitrogens with zero attached hydrogens (tertiary/aromatic N) is 3. The van der Waals surface area contributed by atoms with Gasteiger partial charge in [-0.3, -0.25) is 4.79 Å². The first kappa shape index (κ1) is 18.6. The zero-order valence-electron chi connectivity index (χ0n) is 13.7. The van der Waals surface area contributed by atoms with Crippen LogP contribution in [0.15, 0.2) is 52.9 Å². The van der Waals surface area contributed by atoms with Crippen LogP contribution in [0, 0.1) is 11.3 Å². The number of carbonyl (C=O) groups is 2. The first-order chi connectivity index (χ1) is 13.1. The van der Waals surface area contributed by atoms with E-state index >= 15 is 0 Å². The van der Waals surface area contributed by atoms with E-state index in [4.69, 9.17) is 5.26 Å². The van der Waals surface area contributed by atoms with Gasteiger partial charge in [-0.15, -0.1) is 10.2 Å². The molecule has 0 atom stereocenters. The lowest BCUT2D eigenvalue weighted by Gasteiger charge is -2.07. The minimum Gasteiger partial charge on any atom is -0.478 e. The van der Waals surface area contributed by atoms with E-state index in [2.05, 4.69) is 15.5 Å². The standard InChI is InChI=1S/C18H12N4O3S2/c19-9-12-6-7-14(13(8-12)17(24)25)20-15(23)16-21-22-18(27-16)26-10-11-4-2-1-3-5-11/h1-8H,10H2,(H,20,23)(H,24,25). The maximum absolute atomic E-state index is 12.4. The van der Waals surface area contributed by atoms with Gasteiger partial charge in [0.2, 0.25) is 5.01 Å². The van der Waals surface area contributed by atoms with Gasteiger partial charge < -0.3 is 10.4 Å². The van der Waals surface area contributed by atoms with Gasteiger partial charge >= 0.3 is 5.97 Å². The molecule has 2 N–H and O–H groups in total. The number of amides is 1. The lowest BCUT2D eigenvalue weighted by Crippen LogP contribution is -2.14. The molecule has 0 saturated heterocycles. The Bertz CT molecular complexity index is 1030. The van der Waals surface area contributed by atoms with Gasteiger partial charge in [0.25, 0.3) is 5.91 Å². The molecule has 2 aromatic carbocycles. The van der Waals surface area contributed by atoms with Gasteiger partial charge in [-0.05, 0) is 23.8 Å². The normalized spacial score (nSPS) is 10.2. The van der Waals surface area contributed by atoms with Crippen molar-refractivity contribution in [1.29, 1.82) is 5.26 Å². The molecule has 0 saturated carbocycles. The number of hydrogen-bond acceptors (Lipinski definition) is 7. The monoisotopic (exact) mass is 396 g/mol. The van der Waals surface area contributed by atoms with Gasteiger partial charge in [0.05, 0.1) is 22.9 Å². The summed E-state index contributed by atoms with van der Waals surface area (Å²) in [5.74, 6) is -1.08. The van der Waals surface area contributed by atoms with Crippen LogP contribution in [-0.2, 0) is 5.75 Å². The SMILES string of the molecule is N#Cc1ccc(NC(=O)c2nnc(SCc3ccccc3)s2)c(C(=O)O)c1. The van der Waals surface area contributed by atoms with Gasteiger partial charge in [-0.2, -0.15) is 5.26 Å². The summed E-state index contributed by atoms with van der Waals surface area (Å²) >= 11 is 2.60. The quantitative estimate of drug-likeness (QED) is 0.611. The van der Waals surface area contributed by atoms with Gasteiger partial charge in [0.1, 0.15) is 0 Å². The number of aromatic carboxylic acids is 1. The van der Waals surface area contributed by atoms with Crippen molar-refractivity contribution in [3.63, 3.8) is 0 Å². The summed E-state index contributed by atoms with van der Waals surface area (Å²) in [5.41, 5.74) is 1.26. The topological polar surface area (TPSA) is 116 Å². The Hall–Kier alpha value is -3.22. The second-order valence-corrected chi connectivity index (χ2v) is 7.48. The summed E-state index contributed by atoms with van der Waals surface area (Å²) in [6, 6.07) is 15.7. The van der Waals surface area contributed by atoms with Crippen LogP contribution >= 0.6 is 23.1 Å². The molecule has 27 heavy (non-hydrogen) atoms. The van der Waals surface area contributed by atoms with Crippen molar-refractivity contribution in [2.45, 2.75) is 10.1 Å². The zero-order valence-corrected chi connectivity index (χ0v) is 15.4. The Morgan fingerprint density at radius 1 is 1.19 bits per heavy atom. The molecule has 0 aliphatic carbocycles. The average molecular weight is 396 g/mol. The molecular formula is C18H12N4O3S2. The molecule has 1 heterocycles. The summed E-state index contributed by atoms with van der Waals surface area (Å²) in [6.07, 6.45) is 0. The lowest BCUT2D eigenvalue weighted by atomic mass is 10.1. The first-order valence-electron chi connectivity index (χ1n) is 7.66. The Morgan fingerprint density at radius 3 is 2.67 bits per heavy atom. The Labute approximate surface area is 162 Å². The largest absolute Gasteiger partial charge is 0.478 e. The van der Waals surface area contributed by atoms with Crippen molar-refractivity contribution >= 4 is 40.7 Å². The number of carboxylic acids is 1. The van der Waals surface area contributed by atoms with Crippen LogP contribution in [0.2, 0.25) is 0 Å². The fraction of sp³-hybridized carbons (Fsp3) is 0.0556. The maximum Gasteiger partial charge on any atom is 0.337 e. The highest BCUT2D eigenvalue weighted by molar-refractivity contribution is 8.00. The van der Waals surface area contributed by atoms with Gasteiger partial charge in [-0.25, -0.2) is 4.79 Å². The number of nitrogens with one attached hydrogen (secondary N) is 1. The molecule has 0 radical (unpaired) electrons. The zero-order chi connectivity index (χ0) is 19.2. The van der Waals surface area contributed by atoms with E-state index in [1.165, 1.54) is 30.0 Å². The fourth-order valence-corrected chi connectivity index (χ4v) is 3.86. The van der Waals surface area contributed by atoms with Crippen LogP contribution in [0.4, 0.5) is 5.69 Å². The molecular weight excluding hydrogens is 384 g/mol. The average Bonchev–Trinajstić information content (AvgIpc) is 3.16. The number of benzene rings is 2. The van der Waals surface area contributed by atoms with Crippen LogP contribution in [0.25, 0.3) is 0 Å². The summed E-state index contributed by atoms with van der Waals surface area (Å²) < 4.78 is 0.641. The van der Waals surface area contributed by atoms with Crippen LogP contribution in [0.1, 0.15) is 31.3 Å². The lowest BCUT2D eigenvalue weighted by molar-refractivity contribution is 0.0698. The highest BCUT2D eigenvalue weighted by Crippen LogP contribution is 2.27. The summed E-state index contributed by atoms with van der Waals surface area (Å²) in [4.78, 5) is 23.7. The minimum atomic E-state index is -1.24. The number of nitriles is 1. The second-order valence-electron chi connectivity index (χ2n) is 5.28. The third kappa shape index (κ3) is 4.69. The van der Waals surface area contributed by atoms with E-state index in [1.54, 1.807) is 0 Å². The number of anilines is 1.